The van der Waals surface area contributed by atoms with Crippen molar-refractivity contribution in [3.05, 3.63) is 21.4 Å². The maximum absolute atomic E-state index is 12.3. The zero-order valence-electron chi connectivity index (χ0n) is 10.3. The van der Waals surface area contributed by atoms with Gasteiger partial charge in [0, 0.05) is 16.3 Å². The van der Waals surface area contributed by atoms with Gasteiger partial charge in [-0.15, -0.1) is 11.3 Å². The average Bonchev–Trinajstić information content (AvgIpc) is 2.67. The van der Waals surface area contributed by atoms with Crippen LogP contribution in [-0.2, 0) is 9.53 Å². The molecule has 0 spiro atoms. The zero-order chi connectivity index (χ0) is 13.3. The van der Waals surface area contributed by atoms with Gasteiger partial charge in [0.25, 0.3) is 5.91 Å². The number of aryl methyl sites for hydroxylation is 2. The lowest BCUT2D eigenvalue weighted by Crippen LogP contribution is -2.48. The summed E-state index contributed by atoms with van der Waals surface area (Å²) in [6.07, 6.45) is -0.914. The molecule has 0 bridgehead atoms. The maximum atomic E-state index is 12.3. The van der Waals surface area contributed by atoms with E-state index in [4.69, 9.17) is 9.84 Å². The molecule has 1 aromatic rings. The lowest BCUT2D eigenvalue weighted by atomic mass is 10.2. The van der Waals surface area contributed by atoms with E-state index in [1.165, 1.54) is 0 Å². The summed E-state index contributed by atoms with van der Waals surface area (Å²) in [6.45, 7) is 4.68. The lowest BCUT2D eigenvalue weighted by Gasteiger charge is -2.30. The second-order valence-electron chi connectivity index (χ2n) is 4.28. The lowest BCUT2D eigenvalue weighted by molar-refractivity contribution is -0.154. The number of ether oxygens (including phenoxy) is 1. The molecule has 1 aliphatic heterocycles. The first-order valence-electron chi connectivity index (χ1n) is 5.69. The van der Waals surface area contributed by atoms with Crippen molar-refractivity contribution >= 4 is 23.2 Å². The Hall–Kier alpha value is -1.40. The Morgan fingerprint density at radius 3 is 2.78 bits per heavy atom. The highest BCUT2D eigenvalue weighted by atomic mass is 32.1. The summed E-state index contributed by atoms with van der Waals surface area (Å²) in [5.41, 5.74) is 0.670. The van der Waals surface area contributed by atoms with Gasteiger partial charge in [0.2, 0.25) is 0 Å². The smallest absolute Gasteiger partial charge is 0.334 e. The molecule has 1 atom stereocenters. The molecular weight excluding hydrogens is 254 g/mol. The van der Waals surface area contributed by atoms with Crippen LogP contribution in [0.1, 0.15) is 20.1 Å². The molecule has 2 heterocycles. The number of carboxylic acid groups (broad SMARTS) is 1. The Balaban J connectivity index is 2.14. The summed E-state index contributed by atoms with van der Waals surface area (Å²) in [4.78, 5) is 26.8. The summed E-state index contributed by atoms with van der Waals surface area (Å²) >= 11 is 1.57. The molecular formula is C12H15NO4S. The number of thiophene rings is 1. The number of carbonyl (C=O) groups is 2. The zero-order valence-corrected chi connectivity index (χ0v) is 11.1. The van der Waals surface area contributed by atoms with Crippen LogP contribution in [0.4, 0.5) is 0 Å². The van der Waals surface area contributed by atoms with Crippen molar-refractivity contribution in [3.63, 3.8) is 0 Å². The number of hydrogen-bond donors (Lipinski definition) is 1. The van der Waals surface area contributed by atoms with Crippen molar-refractivity contribution in [1.82, 2.24) is 4.90 Å². The van der Waals surface area contributed by atoms with Gasteiger partial charge in [0.15, 0.2) is 6.10 Å². The highest BCUT2D eigenvalue weighted by Crippen LogP contribution is 2.22. The molecule has 5 nitrogen and oxygen atoms in total. The van der Waals surface area contributed by atoms with Crippen molar-refractivity contribution in [2.45, 2.75) is 20.0 Å². The van der Waals surface area contributed by atoms with Gasteiger partial charge in [-0.25, -0.2) is 4.79 Å². The molecule has 98 valence electrons. The maximum Gasteiger partial charge on any atom is 0.334 e. The second kappa shape index (κ2) is 5.07. The molecule has 0 aromatic carbocycles. The van der Waals surface area contributed by atoms with Crippen LogP contribution < -0.4 is 0 Å². The van der Waals surface area contributed by atoms with E-state index in [9.17, 15) is 9.59 Å². The molecule has 1 aromatic heterocycles. The van der Waals surface area contributed by atoms with E-state index in [2.05, 4.69) is 0 Å². The van der Waals surface area contributed by atoms with Crippen LogP contribution in [0.2, 0.25) is 0 Å². The quantitative estimate of drug-likeness (QED) is 0.878. The predicted molar refractivity (Wildman–Crippen MR) is 67.1 cm³/mol. The fraction of sp³-hybridized carbons (Fsp3) is 0.500. The van der Waals surface area contributed by atoms with E-state index in [0.29, 0.717) is 12.1 Å². The third kappa shape index (κ3) is 2.54. The third-order valence-corrected chi connectivity index (χ3v) is 3.87. The molecule has 6 heteroatoms. The molecule has 0 radical (unpaired) electrons. The van der Waals surface area contributed by atoms with Crippen LogP contribution >= 0.6 is 11.3 Å². The molecule has 18 heavy (non-hydrogen) atoms. The van der Waals surface area contributed by atoms with E-state index in [0.717, 1.165) is 9.75 Å². The van der Waals surface area contributed by atoms with E-state index in [1.54, 1.807) is 16.2 Å². The topological polar surface area (TPSA) is 66.8 Å². The number of morpholine rings is 1. The van der Waals surface area contributed by atoms with E-state index in [1.807, 2.05) is 19.9 Å². The van der Waals surface area contributed by atoms with Crippen molar-refractivity contribution in [1.29, 1.82) is 0 Å². The van der Waals surface area contributed by atoms with Crippen molar-refractivity contribution < 1.29 is 19.4 Å². The highest BCUT2D eigenvalue weighted by Gasteiger charge is 2.30. The number of hydrogen-bond acceptors (Lipinski definition) is 4. The third-order valence-electron chi connectivity index (χ3n) is 2.90. The monoisotopic (exact) mass is 269 g/mol. The number of aliphatic carboxylic acids is 1. The van der Waals surface area contributed by atoms with Crippen LogP contribution in [-0.4, -0.2) is 47.7 Å². The molecule has 1 saturated heterocycles. The second-order valence-corrected chi connectivity index (χ2v) is 5.74. The Labute approximate surface area is 109 Å². The van der Waals surface area contributed by atoms with Gasteiger partial charge in [-0.2, -0.15) is 0 Å². The molecule has 0 unspecified atom stereocenters. The van der Waals surface area contributed by atoms with Crippen molar-refractivity contribution in [2.24, 2.45) is 0 Å². The van der Waals surface area contributed by atoms with E-state index in [-0.39, 0.29) is 19.1 Å². The van der Waals surface area contributed by atoms with Crippen LogP contribution in [0.3, 0.4) is 0 Å². The van der Waals surface area contributed by atoms with Gasteiger partial charge < -0.3 is 14.7 Å². The summed E-state index contributed by atoms with van der Waals surface area (Å²) in [5, 5.41) is 8.91. The molecule has 0 saturated carbocycles. The van der Waals surface area contributed by atoms with E-state index >= 15 is 0 Å². The minimum atomic E-state index is -1.02. The minimum absolute atomic E-state index is 0.105. The van der Waals surface area contributed by atoms with Crippen molar-refractivity contribution in [2.75, 3.05) is 19.7 Å². The van der Waals surface area contributed by atoms with Gasteiger partial charge in [-0.05, 0) is 19.9 Å². The first kappa shape index (κ1) is 13.0. The molecule has 0 aliphatic carbocycles. The fourth-order valence-corrected chi connectivity index (χ4v) is 2.91. The standard InChI is InChI=1S/C12H15NO4S/c1-7-5-9(8(2)18-7)11(14)13-3-4-17-10(6-13)12(15)16/h5,10H,3-4,6H2,1-2H3,(H,15,16)/t10-/m0/s1. The van der Waals surface area contributed by atoms with Crippen LogP contribution in [0.15, 0.2) is 6.07 Å². The number of amides is 1. The van der Waals surface area contributed by atoms with Crippen LogP contribution in [0.25, 0.3) is 0 Å². The summed E-state index contributed by atoms with van der Waals surface area (Å²) < 4.78 is 5.10. The largest absolute Gasteiger partial charge is 0.479 e. The normalized spacial score (nSPS) is 19.9. The van der Waals surface area contributed by atoms with Crippen molar-refractivity contribution in [3.8, 4) is 0 Å². The van der Waals surface area contributed by atoms with Crippen LogP contribution in [0, 0.1) is 13.8 Å². The number of carbonyl (C=O) groups excluding carboxylic acids is 1. The average molecular weight is 269 g/mol. The van der Waals surface area contributed by atoms with Gasteiger partial charge >= 0.3 is 5.97 Å². The summed E-state index contributed by atoms with van der Waals surface area (Å²) in [7, 11) is 0. The molecule has 1 aliphatic rings. The van der Waals surface area contributed by atoms with Gasteiger partial charge in [0.1, 0.15) is 0 Å². The van der Waals surface area contributed by atoms with Gasteiger partial charge in [-0.1, -0.05) is 0 Å². The Morgan fingerprint density at radius 2 is 2.22 bits per heavy atom. The first-order valence-corrected chi connectivity index (χ1v) is 6.51. The predicted octanol–water partition coefficient (Wildman–Crippen LogP) is 1.29. The fourth-order valence-electron chi connectivity index (χ4n) is 2.00. The Morgan fingerprint density at radius 1 is 1.50 bits per heavy atom. The summed E-state index contributed by atoms with van der Waals surface area (Å²) in [5.74, 6) is -1.13. The van der Waals surface area contributed by atoms with Gasteiger partial charge in [0.05, 0.1) is 18.7 Å². The molecule has 2 rings (SSSR count). The molecule has 1 fully saturated rings. The highest BCUT2D eigenvalue weighted by molar-refractivity contribution is 7.12. The first-order chi connectivity index (χ1) is 8.49. The number of carboxylic acids is 1. The van der Waals surface area contributed by atoms with Crippen LogP contribution in [0.5, 0.6) is 0 Å². The Bertz CT molecular complexity index is 482. The molecule has 1 amide bonds. The summed E-state index contributed by atoms with van der Waals surface area (Å²) in [6, 6.07) is 1.85. The number of rotatable bonds is 2. The van der Waals surface area contributed by atoms with Gasteiger partial charge in [-0.3, -0.25) is 4.79 Å². The number of nitrogens with zero attached hydrogens (tertiary/aromatic N) is 1. The molecule has 1 N–H and O–H groups in total. The SMILES string of the molecule is Cc1cc(C(=O)N2CCO[C@H](C(=O)O)C2)c(C)s1. The Kier molecular flexibility index (Phi) is 3.68. The van der Waals surface area contributed by atoms with E-state index < -0.39 is 12.1 Å². The minimum Gasteiger partial charge on any atom is -0.479 e.